The number of aliphatic hydroxyl groups excluding tert-OH is 1. The fraction of sp³-hybridized carbons (Fsp3) is 0.889. The maximum atomic E-state index is 11.0. The van der Waals surface area contributed by atoms with Gasteiger partial charge in [0, 0.05) is 6.04 Å². The number of esters is 1. The number of carbonyl (C=O) groups is 1. The van der Waals surface area contributed by atoms with Crippen molar-refractivity contribution in [2.75, 3.05) is 13.7 Å². The second-order valence-corrected chi connectivity index (χ2v) is 3.44. The minimum atomic E-state index is -0.371. The van der Waals surface area contributed by atoms with Crippen LogP contribution < -0.4 is 5.32 Å². The van der Waals surface area contributed by atoms with Crippen LogP contribution >= 0.6 is 0 Å². The quantitative estimate of drug-likeness (QED) is 0.605. The molecule has 0 heterocycles. The molecule has 0 saturated heterocycles. The minimum Gasteiger partial charge on any atom is -0.468 e. The van der Waals surface area contributed by atoms with Gasteiger partial charge >= 0.3 is 5.97 Å². The van der Waals surface area contributed by atoms with Crippen LogP contribution in [0.1, 0.15) is 20.8 Å². The van der Waals surface area contributed by atoms with Crippen LogP contribution in [0, 0.1) is 5.92 Å². The average molecular weight is 189 g/mol. The SMILES string of the molecule is COC(=O)C(C)N[C@H](CO)C(C)C. The van der Waals surface area contributed by atoms with Crippen molar-refractivity contribution >= 4 is 5.97 Å². The molecule has 1 unspecified atom stereocenters. The van der Waals surface area contributed by atoms with Crippen LogP contribution in [0.2, 0.25) is 0 Å². The van der Waals surface area contributed by atoms with Crippen molar-refractivity contribution in [3.05, 3.63) is 0 Å². The van der Waals surface area contributed by atoms with Crippen LogP contribution in [0.15, 0.2) is 0 Å². The fourth-order valence-corrected chi connectivity index (χ4v) is 1.02. The van der Waals surface area contributed by atoms with E-state index in [0.717, 1.165) is 0 Å². The standard InChI is InChI=1S/C9H19NO3/c1-6(2)8(5-11)10-7(3)9(12)13-4/h6-8,10-11H,5H2,1-4H3/t7?,8-/m1/s1. The van der Waals surface area contributed by atoms with Gasteiger partial charge in [-0.3, -0.25) is 10.1 Å². The van der Waals surface area contributed by atoms with Gasteiger partial charge in [-0.15, -0.1) is 0 Å². The Morgan fingerprint density at radius 3 is 2.31 bits per heavy atom. The van der Waals surface area contributed by atoms with Crippen molar-refractivity contribution in [2.24, 2.45) is 5.92 Å². The molecule has 0 aliphatic carbocycles. The summed E-state index contributed by atoms with van der Waals surface area (Å²) in [5, 5.41) is 12.0. The summed E-state index contributed by atoms with van der Waals surface area (Å²) in [4.78, 5) is 11.0. The molecule has 0 bridgehead atoms. The molecule has 2 N–H and O–H groups in total. The van der Waals surface area contributed by atoms with Crippen molar-refractivity contribution in [1.29, 1.82) is 0 Å². The first-order valence-corrected chi connectivity index (χ1v) is 4.47. The van der Waals surface area contributed by atoms with Crippen molar-refractivity contribution in [3.63, 3.8) is 0 Å². The van der Waals surface area contributed by atoms with Gasteiger partial charge in [0.25, 0.3) is 0 Å². The Hall–Kier alpha value is -0.610. The van der Waals surface area contributed by atoms with Crippen LogP contribution in [0.4, 0.5) is 0 Å². The van der Waals surface area contributed by atoms with Gasteiger partial charge in [-0.2, -0.15) is 0 Å². The molecule has 0 aliphatic rings. The van der Waals surface area contributed by atoms with Crippen molar-refractivity contribution in [3.8, 4) is 0 Å². The predicted octanol–water partition coefficient (Wildman–Crippen LogP) is 0.154. The first-order valence-electron chi connectivity index (χ1n) is 4.47. The Labute approximate surface area is 79.3 Å². The minimum absolute atomic E-state index is 0.0268. The Morgan fingerprint density at radius 1 is 1.46 bits per heavy atom. The number of methoxy groups -OCH3 is 1. The Kier molecular flexibility index (Phi) is 5.66. The summed E-state index contributed by atoms with van der Waals surface area (Å²) in [6.45, 7) is 5.71. The van der Waals surface area contributed by atoms with E-state index in [1.54, 1.807) is 6.92 Å². The summed E-state index contributed by atoms with van der Waals surface area (Å²) in [7, 11) is 1.35. The lowest BCUT2D eigenvalue weighted by molar-refractivity contribution is -0.143. The number of nitrogens with one attached hydrogen (secondary N) is 1. The molecule has 0 rings (SSSR count). The lowest BCUT2D eigenvalue weighted by atomic mass is 10.0. The molecule has 0 radical (unpaired) electrons. The smallest absolute Gasteiger partial charge is 0.322 e. The molecular formula is C9H19NO3. The normalized spacial score (nSPS) is 15.5. The van der Waals surface area contributed by atoms with Crippen LogP contribution in [-0.4, -0.2) is 36.9 Å². The van der Waals surface area contributed by atoms with E-state index >= 15 is 0 Å². The molecule has 78 valence electrons. The number of ether oxygens (including phenoxy) is 1. The predicted molar refractivity (Wildman–Crippen MR) is 50.3 cm³/mol. The van der Waals surface area contributed by atoms with E-state index in [0.29, 0.717) is 0 Å². The number of aliphatic hydroxyl groups is 1. The third-order valence-corrected chi connectivity index (χ3v) is 2.02. The number of rotatable bonds is 5. The van der Waals surface area contributed by atoms with Crippen LogP contribution in [0.25, 0.3) is 0 Å². The van der Waals surface area contributed by atoms with E-state index in [1.165, 1.54) is 7.11 Å². The molecule has 0 aromatic carbocycles. The lowest BCUT2D eigenvalue weighted by Gasteiger charge is -2.23. The van der Waals surface area contributed by atoms with Crippen molar-refractivity contribution in [1.82, 2.24) is 5.32 Å². The third kappa shape index (κ3) is 4.24. The molecule has 4 nitrogen and oxygen atoms in total. The van der Waals surface area contributed by atoms with Crippen LogP contribution in [0.3, 0.4) is 0 Å². The number of hydrogen-bond acceptors (Lipinski definition) is 4. The second kappa shape index (κ2) is 5.94. The van der Waals surface area contributed by atoms with Gasteiger partial charge in [-0.05, 0) is 12.8 Å². The van der Waals surface area contributed by atoms with Gasteiger partial charge in [0.15, 0.2) is 0 Å². The zero-order valence-electron chi connectivity index (χ0n) is 8.70. The molecule has 0 aromatic rings. The van der Waals surface area contributed by atoms with Gasteiger partial charge in [-0.25, -0.2) is 0 Å². The molecule has 13 heavy (non-hydrogen) atoms. The van der Waals surface area contributed by atoms with Gasteiger partial charge in [0.2, 0.25) is 0 Å². The largest absolute Gasteiger partial charge is 0.468 e. The molecule has 0 amide bonds. The first-order chi connectivity index (χ1) is 6.02. The van der Waals surface area contributed by atoms with E-state index in [-0.39, 0.29) is 30.6 Å². The van der Waals surface area contributed by atoms with Gasteiger partial charge in [-0.1, -0.05) is 13.8 Å². The third-order valence-electron chi connectivity index (χ3n) is 2.02. The summed E-state index contributed by atoms with van der Waals surface area (Å²) in [5.74, 6) is -0.0174. The highest BCUT2D eigenvalue weighted by Crippen LogP contribution is 2.02. The van der Waals surface area contributed by atoms with E-state index in [2.05, 4.69) is 10.1 Å². The summed E-state index contributed by atoms with van der Waals surface area (Å²) in [5.41, 5.74) is 0. The van der Waals surface area contributed by atoms with E-state index in [4.69, 9.17) is 5.11 Å². The zero-order chi connectivity index (χ0) is 10.4. The van der Waals surface area contributed by atoms with Gasteiger partial charge < -0.3 is 9.84 Å². The highest BCUT2D eigenvalue weighted by Gasteiger charge is 2.19. The molecule has 0 fully saturated rings. The molecule has 4 heteroatoms. The number of hydrogen-bond donors (Lipinski definition) is 2. The summed E-state index contributed by atoms with van der Waals surface area (Å²) >= 11 is 0. The highest BCUT2D eigenvalue weighted by atomic mass is 16.5. The van der Waals surface area contributed by atoms with Crippen LogP contribution in [0.5, 0.6) is 0 Å². The van der Waals surface area contributed by atoms with Gasteiger partial charge in [0.1, 0.15) is 6.04 Å². The monoisotopic (exact) mass is 189 g/mol. The number of carbonyl (C=O) groups excluding carboxylic acids is 1. The maximum Gasteiger partial charge on any atom is 0.322 e. The Balaban J connectivity index is 4.00. The molecule has 0 saturated carbocycles. The molecular weight excluding hydrogens is 170 g/mol. The summed E-state index contributed by atoms with van der Waals surface area (Å²) in [6, 6.07) is -0.432. The van der Waals surface area contributed by atoms with E-state index in [9.17, 15) is 4.79 Å². The summed E-state index contributed by atoms with van der Waals surface area (Å²) < 4.78 is 4.55. The van der Waals surface area contributed by atoms with Crippen LogP contribution in [-0.2, 0) is 9.53 Å². The van der Waals surface area contributed by atoms with Crippen molar-refractivity contribution < 1.29 is 14.6 Å². The van der Waals surface area contributed by atoms with E-state index < -0.39 is 0 Å². The highest BCUT2D eigenvalue weighted by molar-refractivity contribution is 5.75. The second-order valence-electron chi connectivity index (χ2n) is 3.44. The maximum absolute atomic E-state index is 11.0. The van der Waals surface area contributed by atoms with Crippen molar-refractivity contribution in [2.45, 2.75) is 32.9 Å². The molecule has 0 aliphatic heterocycles. The topological polar surface area (TPSA) is 58.6 Å². The fourth-order valence-electron chi connectivity index (χ4n) is 1.02. The summed E-state index contributed by atoms with van der Waals surface area (Å²) in [6.07, 6.45) is 0. The Morgan fingerprint density at radius 2 is 2.00 bits per heavy atom. The molecule has 2 atom stereocenters. The first kappa shape index (κ1) is 12.4. The van der Waals surface area contributed by atoms with E-state index in [1.807, 2.05) is 13.8 Å². The van der Waals surface area contributed by atoms with Gasteiger partial charge in [0.05, 0.1) is 13.7 Å². The zero-order valence-corrected chi connectivity index (χ0v) is 8.70. The Bertz CT molecular complexity index is 159. The molecule has 0 spiro atoms. The lowest BCUT2D eigenvalue weighted by Crippen LogP contribution is -2.46. The molecule has 0 aromatic heterocycles. The average Bonchev–Trinajstić information content (AvgIpc) is 2.11.